The minimum absolute atomic E-state index is 0.214. The van der Waals surface area contributed by atoms with Gasteiger partial charge in [-0.1, -0.05) is 0 Å². The van der Waals surface area contributed by atoms with Crippen molar-refractivity contribution >= 4 is 50.4 Å². The zero-order valence-corrected chi connectivity index (χ0v) is 12.8. The van der Waals surface area contributed by atoms with Crippen molar-refractivity contribution in [3.05, 3.63) is 46.1 Å². The number of hydrogen-bond acceptors (Lipinski definition) is 5. The highest BCUT2D eigenvalue weighted by Crippen LogP contribution is 2.18. The van der Waals surface area contributed by atoms with Crippen LogP contribution in [0.25, 0.3) is 11.0 Å². The van der Waals surface area contributed by atoms with Gasteiger partial charge < -0.3 is 5.32 Å². The number of nitrogens with one attached hydrogen (secondary N) is 1. The van der Waals surface area contributed by atoms with E-state index >= 15 is 0 Å². The molecule has 0 aliphatic rings. The van der Waals surface area contributed by atoms with Crippen LogP contribution in [-0.4, -0.2) is 19.6 Å². The van der Waals surface area contributed by atoms with E-state index < -0.39 is 0 Å². The third kappa shape index (κ3) is 2.54. The molecule has 0 radical (unpaired) electrons. The predicted octanol–water partition coefficient (Wildman–Crippen LogP) is 3.41. The standard InChI is InChI=1S/C13H9BrN4OS/c1-7-9(14)3-5-12(15-7)16-13(19)8-2-4-10-11(6-8)18-20-17-10/h2-6H,1H3,(H,15,16,19). The number of halogens is 1. The van der Waals surface area contributed by atoms with E-state index in [2.05, 4.69) is 35.0 Å². The summed E-state index contributed by atoms with van der Waals surface area (Å²) in [6.07, 6.45) is 0. The summed E-state index contributed by atoms with van der Waals surface area (Å²) < 4.78 is 9.14. The molecule has 7 heteroatoms. The van der Waals surface area contributed by atoms with E-state index in [9.17, 15) is 4.79 Å². The lowest BCUT2D eigenvalue weighted by Gasteiger charge is -2.06. The average molecular weight is 349 g/mol. The molecule has 2 heterocycles. The summed E-state index contributed by atoms with van der Waals surface area (Å²) in [5.74, 6) is 0.307. The molecule has 0 fully saturated rings. The van der Waals surface area contributed by atoms with Gasteiger partial charge in [0.1, 0.15) is 16.9 Å². The molecular weight excluding hydrogens is 340 g/mol. The van der Waals surface area contributed by atoms with Gasteiger partial charge in [0.05, 0.1) is 17.4 Å². The van der Waals surface area contributed by atoms with E-state index in [-0.39, 0.29) is 5.91 Å². The maximum atomic E-state index is 12.2. The molecule has 0 bridgehead atoms. The third-order valence-electron chi connectivity index (χ3n) is 2.78. The number of nitrogens with zero attached hydrogens (tertiary/aromatic N) is 3. The normalized spacial score (nSPS) is 10.7. The molecular formula is C13H9BrN4OS. The highest BCUT2D eigenvalue weighted by Gasteiger charge is 2.09. The van der Waals surface area contributed by atoms with Crippen LogP contribution in [0, 0.1) is 6.92 Å². The van der Waals surface area contributed by atoms with Crippen molar-refractivity contribution < 1.29 is 4.79 Å². The Morgan fingerprint density at radius 2 is 2.00 bits per heavy atom. The molecule has 3 aromatic rings. The quantitative estimate of drug-likeness (QED) is 0.770. The molecule has 0 saturated heterocycles. The molecule has 20 heavy (non-hydrogen) atoms. The zero-order valence-electron chi connectivity index (χ0n) is 10.4. The first-order valence-corrected chi connectivity index (χ1v) is 7.32. The number of carbonyl (C=O) groups excluding carboxylic acids is 1. The van der Waals surface area contributed by atoms with Crippen LogP contribution in [0.2, 0.25) is 0 Å². The second kappa shape index (κ2) is 5.26. The van der Waals surface area contributed by atoms with Crippen molar-refractivity contribution in [3.63, 3.8) is 0 Å². The van der Waals surface area contributed by atoms with Crippen molar-refractivity contribution in [2.75, 3.05) is 5.32 Å². The molecule has 0 aliphatic heterocycles. The van der Waals surface area contributed by atoms with Crippen LogP contribution >= 0.6 is 27.7 Å². The van der Waals surface area contributed by atoms with Crippen LogP contribution in [0.15, 0.2) is 34.8 Å². The number of hydrogen-bond donors (Lipinski definition) is 1. The first-order chi connectivity index (χ1) is 9.63. The van der Waals surface area contributed by atoms with Crippen LogP contribution < -0.4 is 5.32 Å². The SMILES string of the molecule is Cc1nc(NC(=O)c2ccc3nsnc3c2)ccc1Br. The summed E-state index contributed by atoms with van der Waals surface area (Å²) in [5, 5.41) is 2.77. The molecule has 0 spiro atoms. The van der Waals surface area contributed by atoms with Gasteiger partial charge in [0.15, 0.2) is 0 Å². The molecule has 0 atom stereocenters. The second-order valence-electron chi connectivity index (χ2n) is 4.19. The lowest BCUT2D eigenvalue weighted by atomic mass is 10.2. The second-order valence-corrected chi connectivity index (χ2v) is 5.57. The van der Waals surface area contributed by atoms with Gasteiger partial charge in [-0.05, 0) is 53.2 Å². The van der Waals surface area contributed by atoms with E-state index in [1.165, 1.54) is 0 Å². The number of pyridine rings is 1. The van der Waals surface area contributed by atoms with Crippen molar-refractivity contribution in [1.82, 2.24) is 13.7 Å². The Bertz CT molecular complexity index is 802. The molecule has 1 N–H and O–H groups in total. The summed E-state index contributed by atoms with van der Waals surface area (Å²) in [7, 11) is 0. The minimum atomic E-state index is -0.214. The topological polar surface area (TPSA) is 67.8 Å². The Kier molecular flexibility index (Phi) is 3.45. The summed E-state index contributed by atoms with van der Waals surface area (Å²) in [6.45, 7) is 1.87. The van der Waals surface area contributed by atoms with Gasteiger partial charge in [0.25, 0.3) is 5.91 Å². The van der Waals surface area contributed by atoms with Gasteiger partial charge in [-0.15, -0.1) is 0 Å². The van der Waals surface area contributed by atoms with Crippen LogP contribution in [0.5, 0.6) is 0 Å². The van der Waals surface area contributed by atoms with Crippen LogP contribution in [-0.2, 0) is 0 Å². The number of aryl methyl sites for hydroxylation is 1. The first-order valence-electron chi connectivity index (χ1n) is 5.80. The summed E-state index contributed by atoms with van der Waals surface area (Å²) >= 11 is 4.51. The molecule has 2 aromatic heterocycles. The third-order valence-corrected chi connectivity index (χ3v) is 4.17. The lowest BCUT2D eigenvalue weighted by molar-refractivity contribution is 0.102. The molecule has 3 rings (SSSR count). The van der Waals surface area contributed by atoms with E-state index in [1.54, 1.807) is 24.3 Å². The van der Waals surface area contributed by atoms with Gasteiger partial charge in [-0.3, -0.25) is 4.79 Å². The van der Waals surface area contributed by atoms with Crippen LogP contribution in [0.3, 0.4) is 0 Å². The van der Waals surface area contributed by atoms with Crippen LogP contribution in [0.1, 0.15) is 16.1 Å². The molecule has 0 unspecified atom stereocenters. The van der Waals surface area contributed by atoms with Crippen molar-refractivity contribution in [2.45, 2.75) is 6.92 Å². The number of amides is 1. The van der Waals surface area contributed by atoms with Crippen LogP contribution in [0.4, 0.5) is 5.82 Å². The fourth-order valence-electron chi connectivity index (χ4n) is 1.73. The first kappa shape index (κ1) is 13.1. The number of carbonyl (C=O) groups is 1. The van der Waals surface area contributed by atoms with E-state index in [0.29, 0.717) is 11.4 Å². The summed E-state index contributed by atoms with van der Waals surface area (Å²) in [5.41, 5.74) is 2.88. The molecule has 0 aliphatic carbocycles. The highest BCUT2D eigenvalue weighted by atomic mass is 79.9. The van der Waals surface area contributed by atoms with E-state index in [1.807, 2.05) is 13.0 Å². The summed E-state index contributed by atoms with van der Waals surface area (Å²) in [4.78, 5) is 16.5. The maximum absolute atomic E-state index is 12.2. The number of fused-ring (bicyclic) bond motifs is 1. The van der Waals surface area contributed by atoms with Crippen molar-refractivity contribution in [3.8, 4) is 0 Å². The molecule has 1 amide bonds. The Morgan fingerprint density at radius 1 is 1.20 bits per heavy atom. The Balaban J connectivity index is 1.86. The Hall–Kier alpha value is -1.86. The number of anilines is 1. The van der Waals surface area contributed by atoms with Gasteiger partial charge in [0, 0.05) is 10.0 Å². The number of rotatable bonds is 2. The molecule has 100 valence electrons. The predicted molar refractivity (Wildman–Crippen MR) is 82.0 cm³/mol. The fourth-order valence-corrected chi connectivity index (χ4v) is 2.46. The zero-order chi connectivity index (χ0) is 14.1. The van der Waals surface area contributed by atoms with Gasteiger partial charge in [0.2, 0.25) is 0 Å². The fraction of sp³-hybridized carbons (Fsp3) is 0.0769. The van der Waals surface area contributed by atoms with Gasteiger partial charge >= 0.3 is 0 Å². The van der Waals surface area contributed by atoms with Crippen molar-refractivity contribution in [1.29, 1.82) is 0 Å². The van der Waals surface area contributed by atoms with Crippen molar-refractivity contribution in [2.24, 2.45) is 0 Å². The lowest BCUT2D eigenvalue weighted by Crippen LogP contribution is -2.13. The summed E-state index contributed by atoms with van der Waals surface area (Å²) in [6, 6.07) is 8.84. The van der Waals surface area contributed by atoms with E-state index in [4.69, 9.17) is 0 Å². The largest absolute Gasteiger partial charge is 0.307 e. The molecule has 5 nitrogen and oxygen atoms in total. The number of aromatic nitrogens is 3. The van der Waals surface area contributed by atoms with Gasteiger partial charge in [-0.25, -0.2) is 4.98 Å². The van der Waals surface area contributed by atoms with Gasteiger partial charge in [-0.2, -0.15) is 8.75 Å². The van der Waals surface area contributed by atoms with E-state index in [0.717, 1.165) is 32.9 Å². The Morgan fingerprint density at radius 3 is 2.80 bits per heavy atom. The highest BCUT2D eigenvalue weighted by molar-refractivity contribution is 9.10. The minimum Gasteiger partial charge on any atom is -0.307 e. The maximum Gasteiger partial charge on any atom is 0.256 e. The average Bonchev–Trinajstić information content (AvgIpc) is 2.90. The smallest absolute Gasteiger partial charge is 0.256 e. The molecule has 0 saturated carbocycles. The number of benzene rings is 1. The molecule has 1 aromatic carbocycles. The monoisotopic (exact) mass is 348 g/mol. The Labute approximate surface area is 127 Å².